The summed E-state index contributed by atoms with van der Waals surface area (Å²) in [5.41, 5.74) is 8.55. The van der Waals surface area contributed by atoms with Gasteiger partial charge in [0.05, 0.1) is 11.6 Å². The van der Waals surface area contributed by atoms with Crippen molar-refractivity contribution in [2.24, 2.45) is 11.7 Å². The van der Waals surface area contributed by atoms with Gasteiger partial charge in [0.1, 0.15) is 31.0 Å². The number of ether oxygens (including phenoxy) is 2. The van der Waals surface area contributed by atoms with Crippen LogP contribution in [0.4, 0.5) is 0 Å². The van der Waals surface area contributed by atoms with E-state index in [2.05, 4.69) is 26.6 Å². The van der Waals surface area contributed by atoms with Gasteiger partial charge in [0.15, 0.2) is 6.10 Å². The fourth-order valence-electron chi connectivity index (χ4n) is 7.27. The largest absolute Gasteiger partial charge is 0.380 e. The van der Waals surface area contributed by atoms with Crippen LogP contribution in [0.15, 0.2) is 84.9 Å². The van der Waals surface area contributed by atoms with E-state index >= 15 is 0 Å². The zero-order valence-electron chi connectivity index (χ0n) is 34.2. The van der Waals surface area contributed by atoms with Crippen LogP contribution in [0.3, 0.4) is 0 Å². The van der Waals surface area contributed by atoms with Crippen LogP contribution in [0.5, 0.6) is 0 Å². The minimum atomic E-state index is -1.84. The minimum absolute atomic E-state index is 0.0831. The lowest BCUT2D eigenvalue weighted by Crippen LogP contribution is -2.63. The predicted octanol–water partition coefficient (Wildman–Crippen LogP) is 2.51. The van der Waals surface area contributed by atoms with Gasteiger partial charge in [-0.3, -0.25) is 24.0 Å². The maximum atomic E-state index is 14.5. The number of amides is 5. The molecule has 0 bridgehead atoms. The molecule has 1 saturated heterocycles. The van der Waals surface area contributed by atoms with E-state index in [1.165, 1.54) is 14.0 Å². The Morgan fingerprint density at radius 1 is 0.759 bits per heavy atom. The lowest BCUT2D eigenvalue weighted by atomic mass is 9.84. The molecule has 0 aromatic heterocycles. The molecule has 3 aromatic rings. The van der Waals surface area contributed by atoms with E-state index in [0.29, 0.717) is 32.2 Å². The maximum absolute atomic E-state index is 14.5. The summed E-state index contributed by atoms with van der Waals surface area (Å²) in [4.78, 5) is 67.2. The van der Waals surface area contributed by atoms with Gasteiger partial charge in [-0.2, -0.15) is 0 Å². The maximum Gasteiger partial charge on any atom is 0.252 e. The summed E-state index contributed by atoms with van der Waals surface area (Å²) in [5, 5.41) is 25.5. The van der Waals surface area contributed by atoms with Gasteiger partial charge >= 0.3 is 0 Å². The topological polar surface area (TPSA) is 210 Å². The van der Waals surface area contributed by atoms with Crippen molar-refractivity contribution < 1.29 is 38.6 Å². The van der Waals surface area contributed by atoms with Crippen LogP contribution in [0, 0.1) is 5.92 Å². The molecule has 1 aliphatic rings. The molecule has 0 spiro atoms. The molecule has 1 heterocycles. The third-order valence-electron chi connectivity index (χ3n) is 10.3. The molecule has 1 aliphatic heterocycles. The van der Waals surface area contributed by atoms with Gasteiger partial charge < -0.3 is 46.9 Å². The highest BCUT2D eigenvalue weighted by atomic mass is 16.7. The van der Waals surface area contributed by atoms with Crippen molar-refractivity contribution in [2.45, 2.75) is 108 Å². The standard InChI is InChI=1S/C44H60N6O8/c1-28-26-44(3,4)58-27-57-39(38(52)43(56)49-35(40(53)46-5)24-30-14-8-6-9-15-30)37(28)50-42(55)36(48-41(54)34(47-29(2)51)18-12-13-23-45)25-31-19-21-33(22-20-31)32-16-10-7-11-17-32/h6-11,14-17,19-22,28,34-39,52H,12-13,18,23-27,45H2,1-5H3,(H,46,53)(H,47,51)(H,48,54)(H,49,56)(H,50,55)/t28-,34+,35+,36?,37+,38-,39+/m1/s1. The van der Waals surface area contributed by atoms with Crippen molar-refractivity contribution >= 4 is 29.5 Å². The zero-order chi connectivity index (χ0) is 42.2. The second kappa shape index (κ2) is 22.1. The van der Waals surface area contributed by atoms with Crippen molar-refractivity contribution in [1.29, 1.82) is 0 Å². The van der Waals surface area contributed by atoms with Crippen molar-refractivity contribution in [3.8, 4) is 11.1 Å². The first-order valence-electron chi connectivity index (χ1n) is 19.9. The molecule has 1 fully saturated rings. The average molecular weight is 801 g/mol. The first-order valence-corrected chi connectivity index (χ1v) is 19.9. The highest BCUT2D eigenvalue weighted by Crippen LogP contribution is 2.29. The first kappa shape index (κ1) is 45.6. The molecule has 58 heavy (non-hydrogen) atoms. The van der Waals surface area contributed by atoms with Gasteiger partial charge in [-0.15, -0.1) is 0 Å². The molecule has 5 amide bonds. The molecule has 7 atom stereocenters. The van der Waals surface area contributed by atoms with E-state index in [1.807, 2.05) is 106 Å². The fraction of sp³-hybridized carbons (Fsp3) is 0.477. The summed E-state index contributed by atoms with van der Waals surface area (Å²) in [7, 11) is 1.46. The SMILES string of the molecule is CNC(=O)[C@H](Cc1ccccc1)NC(=O)[C@H](O)[C@H]1OCOC(C)(C)C[C@@H](C)[C@@H]1NC(=O)C(Cc1ccc(-c2ccccc2)cc1)NC(=O)[C@H](CCCCN)NC(C)=O. The number of nitrogens with two attached hydrogens (primary N) is 1. The molecule has 3 aromatic carbocycles. The Labute approximate surface area is 341 Å². The predicted molar refractivity (Wildman–Crippen MR) is 221 cm³/mol. The van der Waals surface area contributed by atoms with E-state index in [-0.39, 0.29) is 19.6 Å². The number of rotatable bonds is 18. The molecule has 314 valence electrons. The molecule has 0 aliphatic carbocycles. The van der Waals surface area contributed by atoms with Gasteiger partial charge in [-0.1, -0.05) is 91.9 Å². The van der Waals surface area contributed by atoms with Crippen LogP contribution in [0.25, 0.3) is 11.1 Å². The van der Waals surface area contributed by atoms with Crippen LogP contribution < -0.4 is 32.3 Å². The summed E-state index contributed by atoms with van der Waals surface area (Å²) in [5.74, 6) is -3.28. The molecule has 8 N–H and O–H groups in total. The Morgan fingerprint density at radius 2 is 1.33 bits per heavy atom. The second-order valence-corrected chi connectivity index (χ2v) is 15.5. The summed E-state index contributed by atoms with van der Waals surface area (Å²) in [6, 6.07) is 22.6. The monoisotopic (exact) mass is 800 g/mol. The Balaban J connectivity index is 1.64. The number of nitrogens with one attached hydrogen (secondary N) is 5. The smallest absolute Gasteiger partial charge is 0.252 e. The van der Waals surface area contributed by atoms with Crippen LogP contribution in [-0.4, -0.2) is 97.0 Å². The van der Waals surface area contributed by atoms with Gasteiger partial charge in [-0.25, -0.2) is 0 Å². The number of unbranched alkanes of at least 4 members (excludes halogenated alkanes) is 1. The Hall–Kier alpha value is -5.15. The lowest BCUT2D eigenvalue weighted by Gasteiger charge is -2.41. The van der Waals surface area contributed by atoms with Gasteiger partial charge in [0.25, 0.3) is 5.91 Å². The Morgan fingerprint density at radius 3 is 1.93 bits per heavy atom. The zero-order valence-corrected chi connectivity index (χ0v) is 34.2. The third kappa shape index (κ3) is 13.8. The second-order valence-electron chi connectivity index (χ2n) is 15.5. The lowest BCUT2D eigenvalue weighted by molar-refractivity contribution is -0.202. The summed E-state index contributed by atoms with van der Waals surface area (Å²) in [6.45, 7) is 7.06. The normalized spacial score (nSPS) is 19.8. The van der Waals surface area contributed by atoms with Crippen LogP contribution in [-0.2, 0) is 46.3 Å². The number of hydrogen-bond acceptors (Lipinski definition) is 9. The quantitative estimate of drug-likeness (QED) is 0.0942. The average Bonchev–Trinajstić information content (AvgIpc) is 3.20. The van der Waals surface area contributed by atoms with Crippen molar-refractivity contribution in [1.82, 2.24) is 26.6 Å². The molecule has 0 saturated carbocycles. The Kier molecular flexibility index (Phi) is 17.4. The summed E-state index contributed by atoms with van der Waals surface area (Å²) < 4.78 is 12.0. The van der Waals surface area contributed by atoms with Crippen LogP contribution in [0.2, 0.25) is 0 Å². The number of aliphatic hydroxyl groups excluding tert-OH is 1. The third-order valence-corrected chi connectivity index (χ3v) is 10.3. The van der Waals surface area contributed by atoms with Crippen LogP contribution in [0.1, 0.15) is 64.5 Å². The number of carbonyl (C=O) groups excluding carboxylic acids is 5. The van der Waals surface area contributed by atoms with E-state index in [1.54, 1.807) is 0 Å². The fourth-order valence-corrected chi connectivity index (χ4v) is 7.27. The Bertz CT molecular complexity index is 1790. The molecule has 14 nitrogen and oxygen atoms in total. The summed E-state index contributed by atoms with van der Waals surface area (Å²) >= 11 is 0. The van der Waals surface area contributed by atoms with E-state index in [0.717, 1.165) is 22.3 Å². The highest BCUT2D eigenvalue weighted by molar-refractivity contribution is 5.92. The molecule has 14 heteroatoms. The van der Waals surface area contributed by atoms with Gasteiger partial charge in [0, 0.05) is 26.8 Å². The number of aliphatic hydroxyl groups is 1. The number of likely N-dealkylation sites (N-methyl/N-ethyl adjacent to an activating group) is 1. The van der Waals surface area contributed by atoms with E-state index < -0.39 is 77.4 Å². The number of benzene rings is 3. The van der Waals surface area contributed by atoms with E-state index in [9.17, 15) is 29.1 Å². The molecule has 0 radical (unpaired) electrons. The van der Waals surface area contributed by atoms with Crippen molar-refractivity contribution in [3.63, 3.8) is 0 Å². The molecular formula is C44H60N6O8. The number of hydrogen-bond donors (Lipinski definition) is 7. The van der Waals surface area contributed by atoms with Crippen molar-refractivity contribution in [3.05, 3.63) is 96.1 Å². The summed E-state index contributed by atoms with van der Waals surface area (Å²) in [6.07, 6.45) is -0.963. The van der Waals surface area contributed by atoms with E-state index in [4.69, 9.17) is 15.2 Å². The minimum Gasteiger partial charge on any atom is -0.380 e. The first-order chi connectivity index (χ1) is 27.7. The molecular weight excluding hydrogens is 741 g/mol. The molecule has 1 unspecified atom stereocenters. The van der Waals surface area contributed by atoms with Crippen molar-refractivity contribution in [2.75, 3.05) is 20.4 Å². The highest BCUT2D eigenvalue weighted by Gasteiger charge is 2.43. The van der Waals surface area contributed by atoms with Crippen LogP contribution >= 0.6 is 0 Å². The van der Waals surface area contributed by atoms with Gasteiger partial charge in [-0.05, 0) is 74.2 Å². The van der Waals surface area contributed by atoms with Gasteiger partial charge in [0.2, 0.25) is 23.6 Å². The number of carbonyl (C=O) groups is 5. The molecule has 4 rings (SSSR count).